The molecular weight excluding hydrogens is 517 g/mol. The summed E-state index contributed by atoms with van der Waals surface area (Å²) >= 11 is 12.4. The van der Waals surface area contributed by atoms with Gasteiger partial charge in [0.15, 0.2) is 17.6 Å². The van der Waals surface area contributed by atoms with Crippen molar-refractivity contribution in [1.29, 1.82) is 0 Å². The summed E-state index contributed by atoms with van der Waals surface area (Å²) in [6.07, 6.45) is 0. The number of non-ortho nitro benzene ring substituents is 1. The number of benzene rings is 2. The zero-order valence-corrected chi connectivity index (χ0v) is 21.7. The topological polar surface area (TPSA) is 146 Å². The smallest absolute Gasteiger partial charge is 0.308 e. The Morgan fingerprint density at radius 2 is 1.72 bits per heavy atom. The number of ketones is 1. The predicted octanol–water partition coefficient (Wildman–Crippen LogP) is 4.50. The number of methoxy groups -OCH3 is 2. The Balaban J connectivity index is 2.46. The number of anilines is 2. The minimum Gasteiger partial charge on any atom is -0.494 e. The van der Waals surface area contributed by atoms with Crippen LogP contribution in [0, 0.1) is 15.5 Å². The van der Waals surface area contributed by atoms with Gasteiger partial charge in [0.25, 0.3) is 11.6 Å². The van der Waals surface area contributed by atoms with Crippen LogP contribution in [0.15, 0.2) is 30.3 Å². The molecule has 0 fully saturated rings. The van der Waals surface area contributed by atoms with Crippen LogP contribution >= 0.6 is 23.2 Å². The number of nitro benzene ring substituents is 1. The Hall–Kier alpha value is -3.41. The molecule has 0 aliphatic carbocycles. The van der Waals surface area contributed by atoms with Crippen LogP contribution in [0.3, 0.4) is 0 Å². The van der Waals surface area contributed by atoms with Crippen molar-refractivity contribution in [3.8, 4) is 11.5 Å². The molecule has 36 heavy (non-hydrogen) atoms. The largest absolute Gasteiger partial charge is 0.494 e. The third-order valence-electron chi connectivity index (χ3n) is 4.91. The number of hydrogen-bond donors (Lipinski definition) is 2. The van der Waals surface area contributed by atoms with Gasteiger partial charge in [0.1, 0.15) is 5.75 Å². The first-order valence-corrected chi connectivity index (χ1v) is 11.2. The summed E-state index contributed by atoms with van der Waals surface area (Å²) in [5.41, 5.74) is -1.03. The van der Waals surface area contributed by atoms with Crippen LogP contribution in [0.5, 0.6) is 11.5 Å². The maximum Gasteiger partial charge on any atom is 0.308 e. The molecule has 2 N–H and O–H groups in total. The summed E-state index contributed by atoms with van der Waals surface area (Å²) < 4.78 is 15.3. The second-order valence-electron chi connectivity index (χ2n) is 8.25. The molecule has 2 aromatic rings. The van der Waals surface area contributed by atoms with E-state index in [1.54, 1.807) is 13.8 Å². The predicted molar refractivity (Wildman–Crippen MR) is 134 cm³/mol. The molecule has 13 heteroatoms. The molecule has 1 atom stereocenters. The van der Waals surface area contributed by atoms with Crippen molar-refractivity contribution in [2.24, 2.45) is 5.41 Å². The van der Waals surface area contributed by atoms with Gasteiger partial charge < -0.3 is 24.8 Å². The van der Waals surface area contributed by atoms with Crippen molar-refractivity contribution in [3.05, 3.63) is 50.5 Å². The summed E-state index contributed by atoms with van der Waals surface area (Å²) in [5.74, 6) is -1.99. The van der Waals surface area contributed by atoms with E-state index in [4.69, 9.17) is 37.4 Å². The molecule has 0 heterocycles. The van der Waals surface area contributed by atoms with Gasteiger partial charge in [-0.1, -0.05) is 37.0 Å². The summed E-state index contributed by atoms with van der Waals surface area (Å²) in [4.78, 5) is 48.5. The van der Waals surface area contributed by atoms with Gasteiger partial charge in [0.2, 0.25) is 0 Å². The second kappa shape index (κ2) is 12.0. The molecule has 0 aliphatic heterocycles. The maximum absolute atomic E-state index is 13.4. The van der Waals surface area contributed by atoms with Crippen molar-refractivity contribution in [1.82, 2.24) is 0 Å². The molecule has 0 radical (unpaired) electrons. The molecule has 0 aliphatic rings. The normalized spacial score (nSPS) is 11.9. The molecule has 0 bridgehead atoms. The van der Waals surface area contributed by atoms with Crippen molar-refractivity contribution >= 4 is 57.9 Å². The Bertz CT molecular complexity index is 1160. The van der Waals surface area contributed by atoms with E-state index >= 15 is 0 Å². The molecule has 0 aromatic heterocycles. The van der Waals surface area contributed by atoms with Crippen LogP contribution in [0.1, 0.15) is 20.8 Å². The highest BCUT2D eigenvalue weighted by atomic mass is 35.5. The number of nitrogens with zero attached hydrogens (tertiary/aromatic N) is 1. The average molecular weight is 542 g/mol. The van der Waals surface area contributed by atoms with Crippen LogP contribution < -0.4 is 20.1 Å². The molecular formula is C23H25Cl2N3O8. The van der Waals surface area contributed by atoms with E-state index in [1.807, 2.05) is 0 Å². The lowest BCUT2D eigenvalue weighted by molar-refractivity contribution is -0.384. The lowest BCUT2D eigenvalue weighted by atomic mass is 9.84. The Morgan fingerprint density at radius 3 is 2.22 bits per heavy atom. The molecule has 0 spiro atoms. The zero-order chi connectivity index (χ0) is 27.2. The molecule has 2 rings (SSSR count). The number of Topliss-reactive ketones (excluding diaryl/α,β-unsaturated/α-hetero) is 1. The van der Waals surface area contributed by atoms with E-state index in [0.29, 0.717) is 0 Å². The van der Waals surface area contributed by atoms with Crippen LogP contribution in [-0.4, -0.2) is 49.5 Å². The number of carbonyl (C=O) groups is 3. The zero-order valence-electron chi connectivity index (χ0n) is 20.1. The highest BCUT2D eigenvalue weighted by molar-refractivity contribution is 6.37. The first-order valence-electron chi connectivity index (χ1n) is 10.4. The minimum absolute atomic E-state index is 0.0189. The third kappa shape index (κ3) is 7.06. The maximum atomic E-state index is 13.4. The van der Waals surface area contributed by atoms with Crippen LogP contribution in [0.2, 0.25) is 10.0 Å². The number of esters is 1. The number of amides is 1. The number of halogens is 2. The standard InChI is InChI=1S/C23H25Cl2N3O8/c1-12(29)36-20-15(24)8-13(9-16(20)25)26-19(21(30)23(2,3)11-34-4)22(31)27-17-7-6-14(28(32)33)10-18(17)35-5/h6-10,19,26H,11H2,1-5H3,(H,27,31). The second-order valence-corrected chi connectivity index (χ2v) is 9.07. The van der Waals surface area contributed by atoms with Crippen molar-refractivity contribution in [2.45, 2.75) is 26.8 Å². The molecule has 11 nitrogen and oxygen atoms in total. The highest BCUT2D eigenvalue weighted by Gasteiger charge is 2.38. The molecule has 2 aromatic carbocycles. The first-order chi connectivity index (χ1) is 16.8. The van der Waals surface area contributed by atoms with Gasteiger partial charge in [-0.2, -0.15) is 0 Å². The number of nitro groups is 1. The Labute approximate surface area is 217 Å². The van der Waals surface area contributed by atoms with E-state index in [2.05, 4.69) is 10.6 Å². The van der Waals surface area contributed by atoms with Gasteiger partial charge in [0.05, 0.1) is 40.4 Å². The van der Waals surface area contributed by atoms with Gasteiger partial charge in [-0.05, 0) is 18.2 Å². The Morgan fingerprint density at radius 1 is 1.11 bits per heavy atom. The third-order valence-corrected chi connectivity index (χ3v) is 5.47. The van der Waals surface area contributed by atoms with Gasteiger partial charge in [-0.25, -0.2) is 0 Å². The van der Waals surface area contributed by atoms with Crippen LogP contribution in [0.25, 0.3) is 0 Å². The molecule has 0 saturated heterocycles. The van der Waals surface area contributed by atoms with E-state index in [-0.39, 0.29) is 45.2 Å². The minimum atomic E-state index is -1.47. The number of hydrogen-bond acceptors (Lipinski definition) is 9. The molecule has 1 unspecified atom stereocenters. The fourth-order valence-corrected chi connectivity index (χ4v) is 3.79. The fraction of sp³-hybridized carbons (Fsp3) is 0.348. The van der Waals surface area contributed by atoms with Crippen molar-refractivity contribution in [3.63, 3.8) is 0 Å². The van der Waals surface area contributed by atoms with E-state index in [9.17, 15) is 24.5 Å². The SMILES string of the molecule is COCC(C)(C)C(=O)C(Nc1cc(Cl)c(OC(C)=O)c(Cl)c1)C(=O)Nc1ccc([N+](=O)[O-])cc1OC. The van der Waals surface area contributed by atoms with E-state index in [1.165, 1.54) is 45.4 Å². The number of nitrogens with one attached hydrogen (secondary N) is 2. The summed E-state index contributed by atoms with van der Waals surface area (Å²) in [7, 11) is 2.71. The molecule has 194 valence electrons. The van der Waals surface area contributed by atoms with E-state index in [0.717, 1.165) is 6.07 Å². The van der Waals surface area contributed by atoms with Crippen LogP contribution in [-0.2, 0) is 19.1 Å². The monoisotopic (exact) mass is 541 g/mol. The van der Waals surface area contributed by atoms with Crippen LogP contribution in [0.4, 0.5) is 17.1 Å². The van der Waals surface area contributed by atoms with Gasteiger partial charge in [-0.15, -0.1) is 0 Å². The lowest BCUT2D eigenvalue weighted by Crippen LogP contribution is -2.48. The molecule has 1 amide bonds. The quantitative estimate of drug-likeness (QED) is 0.138. The summed E-state index contributed by atoms with van der Waals surface area (Å²) in [6.45, 7) is 4.42. The Kier molecular flexibility index (Phi) is 9.62. The summed E-state index contributed by atoms with van der Waals surface area (Å²) in [5, 5.41) is 16.4. The number of carbonyl (C=O) groups excluding carboxylic acids is 3. The van der Waals surface area contributed by atoms with Gasteiger partial charge in [0, 0.05) is 31.2 Å². The average Bonchev–Trinajstić information content (AvgIpc) is 2.79. The van der Waals surface area contributed by atoms with Crippen molar-refractivity contribution < 1.29 is 33.5 Å². The van der Waals surface area contributed by atoms with Crippen molar-refractivity contribution in [2.75, 3.05) is 31.5 Å². The van der Waals surface area contributed by atoms with Gasteiger partial charge in [-0.3, -0.25) is 24.5 Å². The number of ether oxygens (including phenoxy) is 3. The van der Waals surface area contributed by atoms with Gasteiger partial charge >= 0.3 is 5.97 Å². The number of rotatable bonds is 11. The lowest BCUT2D eigenvalue weighted by Gasteiger charge is -2.28. The summed E-state index contributed by atoms with van der Waals surface area (Å²) in [6, 6.07) is 4.83. The fourth-order valence-electron chi connectivity index (χ4n) is 3.23. The molecule has 0 saturated carbocycles. The van der Waals surface area contributed by atoms with E-state index < -0.39 is 34.0 Å². The highest BCUT2D eigenvalue weighted by Crippen LogP contribution is 2.37. The first kappa shape index (κ1) is 28.8.